The highest BCUT2D eigenvalue weighted by molar-refractivity contribution is 5.74. The van der Waals surface area contributed by atoms with Crippen molar-refractivity contribution in [3.63, 3.8) is 0 Å². The lowest BCUT2D eigenvalue weighted by Gasteiger charge is -2.35. The number of amides is 3. The third-order valence-corrected chi connectivity index (χ3v) is 8.63. The molecule has 254 valence electrons. The van der Waals surface area contributed by atoms with Gasteiger partial charge in [0.1, 0.15) is 0 Å². The Balaban J connectivity index is 2.02. The van der Waals surface area contributed by atoms with Crippen LogP contribution in [-0.2, 0) is 4.74 Å². The maximum Gasteiger partial charge on any atom is 0.407 e. The molecular formula is C34H68N4O5. The van der Waals surface area contributed by atoms with Gasteiger partial charge < -0.3 is 30.5 Å². The first kappa shape index (κ1) is 39.4. The lowest BCUT2D eigenvalue weighted by Crippen LogP contribution is -2.49. The maximum absolute atomic E-state index is 12.8. The smallest absolute Gasteiger partial charge is 0.407 e. The maximum atomic E-state index is 12.8. The molecule has 0 aromatic carbocycles. The fraction of sp³-hybridized carbons (Fsp3) is 0.941. The molecule has 9 nitrogen and oxygen atoms in total. The zero-order valence-electron chi connectivity index (χ0n) is 27.8. The minimum Gasteiger partial charge on any atom is -0.449 e. The summed E-state index contributed by atoms with van der Waals surface area (Å²) < 4.78 is 5.37. The van der Waals surface area contributed by atoms with E-state index in [4.69, 9.17) is 14.9 Å². The number of nitrogens with one attached hydrogen (secondary N) is 2. The number of hydrogen-bond donors (Lipinski definition) is 4. The summed E-state index contributed by atoms with van der Waals surface area (Å²) in [6, 6.07) is 0.128. The van der Waals surface area contributed by atoms with Gasteiger partial charge in [0.15, 0.2) is 0 Å². The lowest BCUT2D eigenvalue weighted by molar-refractivity contribution is 0.111. The Bertz CT molecular complexity index is 648. The molecule has 1 saturated heterocycles. The van der Waals surface area contributed by atoms with Crippen molar-refractivity contribution in [1.29, 1.82) is 0 Å². The molecule has 0 aromatic heterocycles. The summed E-state index contributed by atoms with van der Waals surface area (Å²) in [7, 11) is 0. The van der Waals surface area contributed by atoms with Crippen LogP contribution < -0.4 is 10.6 Å². The predicted octanol–water partition coefficient (Wildman–Crippen LogP) is 6.61. The molecule has 1 aliphatic heterocycles. The zero-order valence-corrected chi connectivity index (χ0v) is 27.8. The molecule has 0 bridgehead atoms. The van der Waals surface area contributed by atoms with Crippen LogP contribution in [0.4, 0.5) is 9.59 Å². The summed E-state index contributed by atoms with van der Waals surface area (Å²) in [6.45, 7) is 6.34. The minimum absolute atomic E-state index is 0.0189. The van der Waals surface area contributed by atoms with Crippen molar-refractivity contribution in [1.82, 2.24) is 20.4 Å². The van der Waals surface area contributed by atoms with Gasteiger partial charge >= 0.3 is 12.1 Å². The van der Waals surface area contributed by atoms with E-state index < -0.39 is 6.09 Å². The van der Waals surface area contributed by atoms with E-state index in [1.165, 1.54) is 96.3 Å². The van der Waals surface area contributed by atoms with Crippen LogP contribution in [0.1, 0.15) is 142 Å². The van der Waals surface area contributed by atoms with Crippen molar-refractivity contribution in [3.05, 3.63) is 0 Å². The Hall–Kier alpha value is -1.58. The molecule has 0 aromatic rings. The van der Waals surface area contributed by atoms with Crippen LogP contribution >= 0.6 is 0 Å². The standard InChI is InChI=1S/C34H68N4O5/c1-2-3-4-5-6-7-8-9-10-11-12-13-14-15-16-18-23-35-33(41)38-26-19-17-21-32(38)22-31-43-34(42)36-24-20-25-37(27-29-39)28-30-40/h32,39-40H,2-31H2,1H3,(H,35,41)(H,36,42). The minimum atomic E-state index is -0.439. The molecule has 1 atom stereocenters. The third-order valence-electron chi connectivity index (χ3n) is 8.63. The van der Waals surface area contributed by atoms with E-state index in [-0.39, 0.29) is 25.3 Å². The normalized spacial score (nSPS) is 15.2. The first-order chi connectivity index (χ1) is 21.1. The van der Waals surface area contributed by atoms with Gasteiger partial charge in [-0.15, -0.1) is 0 Å². The monoisotopic (exact) mass is 613 g/mol. The van der Waals surface area contributed by atoms with Crippen LogP contribution in [0, 0.1) is 0 Å². The molecule has 0 radical (unpaired) electrons. The fourth-order valence-electron chi connectivity index (χ4n) is 5.99. The summed E-state index contributed by atoms with van der Waals surface area (Å²) in [6.07, 6.45) is 25.5. The van der Waals surface area contributed by atoms with Crippen molar-refractivity contribution >= 4 is 12.1 Å². The van der Waals surface area contributed by atoms with Crippen molar-refractivity contribution < 1.29 is 24.5 Å². The Morgan fingerprint density at radius 2 is 1.26 bits per heavy atom. The van der Waals surface area contributed by atoms with Crippen molar-refractivity contribution in [2.75, 3.05) is 59.1 Å². The van der Waals surface area contributed by atoms with Gasteiger partial charge in [0.25, 0.3) is 0 Å². The van der Waals surface area contributed by atoms with E-state index in [0.29, 0.717) is 45.6 Å². The summed E-state index contributed by atoms with van der Waals surface area (Å²) in [5, 5.41) is 24.0. The van der Waals surface area contributed by atoms with Crippen molar-refractivity contribution in [2.45, 2.75) is 148 Å². The van der Waals surface area contributed by atoms with E-state index in [1.807, 2.05) is 9.80 Å². The molecule has 1 unspecified atom stereocenters. The molecule has 0 aliphatic carbocycles. The predicted molar refractivity (Wildman–Crippen MR) is 176 cm³/mol. The Morgan fingerprint density at radius 1 is 0.721 bits per heavy atom. The summed E-state index contributed by atoms with van der Waals surface area (Å²) in [5.41, 5.74) is 0. The topological polar surface area (TPSA) is 114 Å². The highest BCUT2D eigenvalue weighted by atomic mass is 16.5. The Kier molecular flexibility index (Phi) is 26.7. The summed E-state index contributed by atoms with van der Waals surface area (Å²) in [5.74, 6) is 0. The van der Waals surface area contributed by atoms with Crippen LogP contribution in [0.25, 0.3) is 0 Å². The van der Waals surface area contributed by atoms with Gasteiger partial charge in [0.2, 0.25) is 0 Å². The lowest BCUT2D eigenvalue weighted by atomic mass is 10.00. The number of piperidine rings is 1. The second kappa shape index (κ2) is 29.1. The number of aliphatic hydroxyl groups excluding tert-OH is 2. The Labute approximate surface area is 263 Å². The molecule has 4 N–H and O–H groups in total. The quantitative estimate of drug-likeness (QED) is 0.0740. The van der Waals surface area contributed by atoms with Gasteiger partial charge in [-0.2, -0.15) is 0 Å². The van der Waals surface area contributed by atoms with Gasteiger partial charge in [-0.3, -0.25) is 4.90 Å². The second-order valence-electron chi connectivity index (χ2n) is 12.4. The van der Waals surface area contributed by atoms with Gasteiger partial charge in [-0.1, -0.05) is 103 Å². The number of likely N-dealkylation sites (tertiary alicyclic amines) is 1. The molecule has 43 heavy (non-hydrogen) atoms. The van der Waals surface area contributed by atoms with Gasteiger partial charge in [-0.05, 0) is 38.6 Å². The highest BCUT2D eigenvalue weighted by Crippen LogP contribution is 2.20. The highest BCUT2D eigenvalue weighted by Gasteiger charge is 2.26. The number of carbonyl (C=O) groups is 2. The van der Waals surface area contributed by atoms with Crippen molar-refractivity contribution in [2.24, 2.45) is 0 Å². The van der Waals surface area contributed by atoms with Gasteiger partial charge in [-0.25, -0.2) is 9.59 Å². The number of urea groups is 1. The van der Waals surface area contributed by atoms with Crippen LogP contribution in [-0.4, -0.2) is 97.3 Å². The number of carbonyl (C=O) groups excluding carboxylic acids is 2. The largest absolute Gasteiger partial charge is 0.449 e. The van der Waals surface area contributed by atoms with Gasteiger partial charge in [0, 0.05) is 45.2 Å². The van der Waals surface area contributed by atoms with E-state index in [2.05, 4.69) is 17.6 Å². The first-order valence-corrected chi connectivity index (χ1v) is 18.0. The van der Waals surface area contributed by atoms with E-state index >= 15 is 0 Å². The zero-order chi connectivity index (χ0) is 31.2. The molecular weight excluding hydrogens is 544 g/mol. The number of unbranched alkanes of at least 4 members (excludes halogenated alkanes) is 15. The number of alkyl carbamates (subject to hydrolysis) is 1. The Morgan fingerprint density at radius 3 is 1.81 bits per heavy atom. The molecule has 1 rings (SSSR count). The average molecular weight is 613 g/mol. The molecule has 9 heteroatoms. The molecule has 0 saturated carbocycles. The SMILES string of the molecule is CCCCCCCCCCCCCCCCCCNC(=O)N1CCCCC1CCOC(=O)NCCCN(CCO)CCO. The average Bonchev–Trinajstić information content (AvgIpc) is 3.01. The van der Waals surface area contributed by atoms with Crippen LogP contribution in [0.15, 0.2) is 0 Å². The summed E-state index contributed by atoms with van der Waals surface area (Å²) >= 11 is 0. The van der Waals surface area contributed by atoms with E-state index in [0.717, 1.165) is 38.8 Å². The molecule has 1 aliphatic rings. The third kappa shape index (κ3) is 22.6. The molecule has 1 heterocycles. The molecule has 0 spiro atoms. The molecule has 1 fully saturated rings. The number of hydrogen-bond acceptors (Lipinski definition) is 6. The number of ether oxygens (including phenoxy) is 1. The number of nitrogens with zero attached hydrogens (tertiary/aromatic N) is 2. The number of rotatable bonds is 28. The molecule has 3 amide bonds. The number of aliphatic hydroxyl groups is 2. The van der Waals surface area contributed by atoms with Crippen molar-refractivity contribution in [3.8, 4) is 0 Å². The van der Waals surface area contributed by atoms with Crippen LogP contribution in [0.3, 0.4) is 0 Å². The fourth-order valence-corrected chi connectivity index (χ4v) is 5.99. The van der Waals surface area contributed by atoms with Crippen LogP contribution in [0.5, 0.6) is 0 Å². The second-order valence-corrected chi connectivity index (χ2v) is 12.4. The van der Waals surface area contributed by atoms with E-state index in [1.54, 1.807) is 0 Å². The summed E-state index contributed by atoms with van der Waals surface area (Å²) in [4.78, 5) is 28.8. The van der Waals surface area contributed by atoms with Gasteiger partial charge in [0.05, 0.1) is 19.8 Å². The van der Waals surface area contributed by atoms with Crippen LogP contribution in [0.2, 0.25) is 0 Å². The first-order valence-electron chi connectivity index (χ1n) is 18.0. The van der Waals surface area contributed by atoms with E-state index in [9.17, 15) is 9.59 Å².